The van der Waals surface area contributed by atoms with Crippen molar-refractivity contribution in [3.8, 4) is 17.2 Å². The Kier molecular flexibility index (Phi) is 7.44. The number of rotatable bonds is 7. The number of thiophene rings is 1. The van der Waals surface area contributed by atoms with Gasteiger partial charge in [-0.25, -0.2) is 0 Å². The van der Waals surface area contributed by atoms with Crippen molar-refractivity contribution in [3.63, 3.8) is 0 Å². The number of nitriles is 1. The average molecular weight is 585 g/mol. The van der Waals surface area contributed by atoms with Crippen LogP contribution in [0.5, 0.6) is 0 Å². The summed E-state index contributed by atoms with van der Waals surface area (Å²) in [5.41, 5.74) is 15.3. The molecule has 3 N–H and O–H groups in total. The first kappa shape index (κ1) is 27.3. The van der Waals surface area contributed by atoms with Crippen molar-refractivity contribution in [1.82, 2.24) is 0 Å². The predicted octanol–water partition coefficient (Wildman–Crippen LogP) is 10.1. The molecule has 4 nitrogen and oxygen atoms in total. The monoisotopic (exact) mass is 584 g/mol. The molecular weight excluding hydrogens is 557 g/mol. The number of aliphatic imine (C=N–C) groups is 1. The van der Waals surface area contributed by atoms with E-state index in [4.69, 9.17) is 16.0 Å². The van der Waals surface area contributed by atoms with E-state index in [-0.39, 0.29) is 6.04 Å². The van der Waals surface area contributed by atoms with Gasteiger partial charge in [-0.15, -0.1) is 11.3 Å². The van der Waals surface area contributed by atoms with Gasteiger partial charge in [0.25, 0.3) is 0 Å². The van der Waals surface area contributed by atoms with Crippen molar-refractivity contribution in [3.05, 3.63) is 162 Å². The zero-order valence-electron chi connectivity index (χ0n) is 23.8. The van der Waals surface area contributed by atoms with Crippen LogP contribution in [0.3, 0.4) is 0 Å². The van der Waals surface area contributed by atoms with Crippen LogP contribution in [-0.4, -0.2) is 6.21 Å². The molecule has 7 rings (SSSR count). The maximum atomic E-state index is 9.12. The third kappa shape index (κ3) is 5.48. The SMILES string of the molecule is N#Cc1ccc(C(N)c2ccccc2N=Cc2ccc(Nc3cc4c(cc3-c3ccccc3)sc3ccccc34)cc2)cc1. The van der Waals surface area contributed by atoms with E-state index in [2.05, 4.69) is 96.3 Å². The number of benzene rings is 6. The van der Waals surface area contributed by atoms with Crippen LogP contribution in [0.15, 0.2) is 145 Å². The molecule has 0 spiro atoms. The molecule has 1 unspecified atom stereocenters. The lowest BCUT2D eigenvalue weighted by Gasteiger charge is -2.15. The second-order valence-corrected chi connectivity index (χ2v) is 11.7. The molecule has 0 radical (unpaired) electrons. The lowest BCUT2D eigenvalue weighted by molar-refractivity contribution is 0.871. The Morgan fingerprint density at radius 3 is 2.25 bits per heavy atom. The van der Waals surface area contributed by atoms with E-state index in [0.717, 1.165) is 33.8 Å². The van der Waals surface area contributed by atoms with Gasteiger partial charge in [0.15, 0.2) is 0 Å². The Labute approximate surface area is 260 Å². The van der Waals surface area contributed by atoms with Gasteiger partial charge >= 0.3 is 0 Å². The molecule has 0 saturated heterocycles. The Morgan fingerprint density at radius 1 is 0.727 bits per heavy atom. The fraction of sp³-hybridized carbons (Fsp3) is 0.0256. The Balaban J connectivity index is 1.16. The number of para-hydroxylation sites is 1. The topological polar surface area (TPSA) is 74.2 Å². The molecule has 0 bridgehead atoms. The van der Waals surface area contributed by atoms with E-state index in [1.165, 1.54) is 31.3 Å². The van der Waals surface area contributed by atoms with Crippen LogP contribution >= 0.6 is 11.3 Å². The highest BCUT2D eigenvalue weighted by Gasteiger charge is 2.14. The van der Waals surface area contributed by atoms with Gasteiger partial charge in [0.2, 0.25) is 0 Å². The fourth-order valence-electron chi connectivity index (χ4n) is 5.50. The molecule has 1 atom stereocenters. The maximum Gasteiger partial charge on any atom is 0.0991 e. The summed E-state index contributed by atoms with van der Waals surface area (Å²) < 4.78 is 2.57. The highest BCUT2D eigenvalue weighted by molar-refractivity contribution is 7.25. The first-order valence-electron chi connectivity index (χ1n) is 14.4. The normalized spacial score (nSPS) is 12.0. The maximum absolute atomic E-state index is 9.12. The molecule has 210 valence electrons. The van der Waals surface area contributed by atoms with E-state index in [1.807, 2.05) is 60.0 Å². The summed E-state index contributed by atoms with van der Waals surface area (Å²) in [5, 5.41) is 15.3. The van der Waals surface area contributed by atoms with Crippen LogP contribution in [0.1, 0.15) is 28.3 Å². The molecule has 44 heavy (non-hydrogen) atoms. The summed E-state index contributed by atoms with van der Waals surface area (Å²) in [4.78, 5) is 4.80. The molecule has 0 amide bonds. The smallest absolute Gasteiger partial charge is 0.0991 e. The summed E-state index contributed by atoms with van der Waals surface area (Å²) >= 11 is 1.83. The Bertz CT molecular complexity index is 2160. The molecule has 0 saturated carbocycles. The molecule has 1 heterocycles. The van der Waals surface area contributed by atoms with Gasteiger partial charge in [-0.05, 0) is 70.8 Å². The van der Waals surface area contributed by atoms with Gasteiger partial charge in [-0.1, -0.05) is 91.0 Å². The van der Waals surface area contributed by atoms with Crippen molar-refractivity contribution in [2.45, 2.75) is 6.04 Å². The number of anilines is 2. The first-order chi connectivity index (χ1) is 21.7. The van der Waals surface area contributed by atoms with Crippen molar-refractivity contribution < 1.29 is 0 Å². The van der Waals surface area contributed by atoms with Crippen LogP contribution in [0.4, 0.5) is 17.1 Å². The number of nitrogens with one attached hydrogen (secondary N) is 1. The molecule has 1 aromatic heterocycles. The standard InChI is InChI=1S/C39H28N4S/c40-24-26-14-18-29(19-15-26)39(41)32-11-4-6-12-35(32)42-25-27-16-20-30(21-17-27)43-36-22-34-31-10-5-7-13-37(31)44-38(34)23-33(36)28-8-2-1-3-9-28/h1-23,25,39,43H,41H2. The zero-order chi connectivity index (χ0) is 29.9. The minimum atomic E-state index is -0.348. The van der Waals surface area contributed by atoms with Gasteiger partial charge < -0.3 is 11.1 Å². The molecule has 7 aromatic rings. The minimum Gasteiger partial charge on any atom is -0.355 e. The summed E-state index contributed by atoms with van der Waals surface area (Å²) in [6.07, 6.45) is 1.87. The summed E-state index contributed by atoms with van der Waals surface area (Å²) in [6, 6.07) is 49.1. The second kappa shape index (κ2) is 12.0. The summed E-state index contributed by atoms with van der Waals surface area (Å²) in [7, 11) is 0. The highest BCUT2D eigenvalue weighted by atomic mass is 32.1. The Hall–Kier alpha value is -5.54. The van der Waals surface area contributed by atoms with Gasteiger partial charge in [-0.3, -0.25) is 4.99 Å². The van der Waals surface area contributed by atoms with Crippen LogP contribution in [0.2, 0.25) is 0 Å². The largest absolute Gasteiger partial charge is 0.355 e. The molecular formula is C39H28N4S. The van der Waals surface area contributed by atoms with E-state index in [0.29, 0.717) is 5.56 Å². The second-order valence-electron chi connectivity index (χ2n) is 10.6. The van der Waals surface area contributed by atoms with Crippen LogP contribution in [0, 0.1) is 11.3 Å². The number of nitrogens with two attached hydrogens (primary N) is 1. The van der Waals surface area contributed by atoms with E-state index < -0.39 is 0 Å². The van der Waals surface area contributed by atoms with Gasteiger partial charge in [0.1, 0.15) is 0 Å². The number of hydrogen-bond acceptors (Lipinski definition) is 5. The quantitative estimate of drug-likeness (QED) is 0.183. The fourth-order valence-corrected chi connectivity index (χ4v) is 6.62. The van der Waals surface area contributed by atoms with E-state index in [1.54, 1.807) is 12.1 Å². The van der Waals surface area contributed by atoms with Crippen molar-refractivity contribution in [1.29, 1.82) is 5.26 Å². The van der Waals surface area contributed by atoms with E-state index >= 15 is 0 Å². The van der Waals surface area contributed by atoms with Gasteiger partial charge in [0, 0.05) is 43.3 Å². The van der Waals surface area contributed by atoms with Gasteiger partial charge in [0.05, 0.1) is 23.4 Å². The molecule has 5 heteroatoms. The lowest BCUT2D eigenvalue weighted by atomic mass is 9.97. The molecule has 0 aliphatic rings. The van der Waals surface area contributed by atoms with Crippen LogP contribution in [0.25, 0.3) is 31.3 Å². The lowest BCUT2D eigenvalue weighted by Crippen LogP contribution is -2.12. The van der Waals surface area contributed by atoms with Crippen molar-refractivity contribution >= 4 is 54.8 Å². The number of fused-ring (bicyclic) bond motifs is 3. The van der Waals surface area contributed by atoms with Crippen LogP contribution in [-0.2, 0) is 0 Å². The number of nitrogens with zero attached hydrogens (tertiary/aromatic N) is 2. The van der Waals surface area contributed by atoms with Crippen LogP contribution < -0.4 is 11.1 Å². The number of hydrogen-bond donors (Lipinski definition) is 2. The molecule has 0 fully saturated rings. The molecule has 0 aliphatic heterocycles. The summed E-state index contributed by atoms with van der Waals surface area (Å²) in [5.74, 6) is 0. The molecule has 0 aliphatic carbocycles. The molecule has 6 aromatic carbocycles. The van der Waals surface area contributed by atoms with Crippen molar-refractivity contribution in [2.24, 2.45) is 10.7 Å². The third-order valence-electron chi connectivity index (χ3n) is 7.81. The first-order valence-corrected chi connectivity index (χ1v) is 15.2. The Morgan fingerprint density at radius 2 is 1.45 bits per heavy atom. The van der Waals surface area contributed by atoms with Crippen molar-refractivity contribution in [2.75, 3.05) is 5.32 Å². The predicted molar refractivity (Wildman–Crippen MR) is 185 cm³/mol. The van der Waals surface area contributed by atoms with E-state index in [9.17, 15) is 0 Å². The third-order valence-corrected chi connectivity index (χ3v) is 8.95. The minimum absolute atomic E-state index is 0.348. The van der Waals surface area contributed by atoms with Gasteiger partial charge in [-0.2, -0.15) is 5.26 Å². The zero-order valence-corrected chi connectivity index (χ0v) is 24.6. The highest BCUT2D eigenvalue weighted by Crippen LogP contribution is 2.41. The average Bonchev–Trinajstić information content (AvgIpc) is 3.45. The summed E-state index contributed by atoms with van der Waals surface area (Å²) in [6.45, 7) is 0.